The number of anilines is 1. The van der Waals surface area contributed by atoms with Gasteiger partial charge in [0.1, 0.15) is 16.5 Å². The Bertz CT molecular complexity index is 1570. The molecule has 1 aliphatic heterocycles. The molecule has 1 fully saturated rings. The third-order valence-electron chi connectivity index (χ3n) is 6.30. The minimum absolute atomic E-state index is 0.0683. The van der Waals surface area contributed by atoms with E-state index in [4.69, 9.17) is 0 Å². The van der Waals surface area contributed by atoms with Crippen LogP contribution in [0.25, 0.3) is 10.9 Å². The number of para-hydroxylation sites is 1. The molecule has 37 heavy (non-hydrogen) atoms. The summed E-state index contributed by atoms with van der Waals surface area (Å²) in [4.78, 5) is 20.8. The van der Waals surface area contributed by atoms with E-state index >= 15 is 0 Å². The SMILES string of the molecule is O=C(c1ccc(NS(=O)(=O)c2cccc3cccnc23)c(F)c1)N1CCN(Cc2cccc(F)c2)CC1. The Kier molecular flexibility index (Phi) is 6.86. The van der Waals surface area contributed by atoms with Gasteiger partial charge in [-0.25, -0.2) is 17.2 Å². The van der Waals surface area contributed by atoms with Gasteiger partial charge in [-0.05, 0) is 48.0 Å². The van der Waals surface area contributed by atoms with Crippen LogP contribution in [0.1, 0.15) is 15.9 Å². The topological polar surface area (TPSA) is 82.6 Å². The van der Waals surface area contributed by atoms with Crippen molar-refractivity contribution in [1.29, 1.82) is 0 Å². The third kappa shape index (κ3) is 5.45. The largest absolute Gasteiger partial charge is 0.336 e. The van der Waals surface area contributed by atoms with E-state index in [2.05, 4.69) is 14.6 Å². The van der Waals surface area contributed by atoms with Gasteiger partial charge < -0.3 is 4.90 Å². The number of halogens is 2. The molecule has 1 N–H and O–H groups in total. The van der Waals surface area contributed by atoms with E-state index in [0.717, 1.165) is 11.6 Å². The van der Waals surface area contributed by atoms with Crippen molar-refractivity contribution in [3.8, 4) is 0 Å². The fourth-order valence-electron chi connectivity index (χ4n) is 4.41. The van der Waals surface area contributed by atoms with Crippen molar-refractivity contribution >= 4 is 32.5 Å². The maximum atomic E-state index is 14.9. The number of amides is 1. The number of benzene rings is 3. The van der Waals surface area contributed by atoms with Crippen LogP contribution in [-0.4, -0.2) is 55.3 Å². The Labute approximate surface area is 213 Å². The summed E-state index contributed by atoms with van der Waals surface area (Å²) in [6.07, 6.45) is 1.49. The molecule has 0 spiro atoms. The zero-order valence-electron chi connectivity index (χ0n) is 19.8. The van der Waals surface area contributed by atoms with Gasteiger partial charge in [0.2, 0.25) is 0 Å². The lowest BCUT2D eigenvalue weighted by Crippen LogP contribution is -2.48. The quantitative estimate of drug-likeness (QED) is 0.409. The number of rotatable bonds is 6. The highest BCUT2D eigenvalue weighted by Gasteiger charge is 2.24. The standard InChI is InChI=1S/C27H24F2N4O3S/c28-22-7-1-4-19(16-22)18-32-12-14-33(15-13-32)27(34)21-9-10-24(23(29)17-21)31-37(35,36)25-8-2-5-20-6-3-11-30-26(20)25/h1-11,16-17,31H,12-15,18H2. The monoisotopic (exact) mass is 522 g/mol. The smallest absolute Gasteiger partial charge is 0.264 e. The molecule has 0 saturated carbocycles. The molecule has 2 heterocycles. The zero-order valence-corrected chi connectivity index (χ0v) is 20.6. The van der Waals surface area contributed by atoms with Crippen molar-refractivity contribution in [2.75, 3.05) is 30.9 Å². The van der Waals surface area contributed by atoms with Crippen molar-refractivity contribution in [2.45, 2.75) is 11.4 Å². The minimum atomic E-state index is -4.13. The summed E-state index contributed by atoms with van der Waals surface area (Å²) in [6.45, 7) is 2.66. The maximum absolute atomic E-state index is 14.9. The molecule has 1 aromatic heterocycles. The van der Waals surface area contributed by atoms with Crippen LogP contribution in [0, 0.1) is 11.6 Å². The van der Waals surface area contributed by atoms with E-state index in [0.29, 0.717) is 38.1 Å². The van der Waals surface area contributed by atoms with E-state index in [1.165, 1.54) is 36.5 Å². The lowest BCUT2D eigenvalue weighted by molar-refractivity contribution is 0.0628. The summed E-state index contributed by atoms with van der Waals surface area (Å²) in [5.41, 5.74) is 1.01. The van der Waals surface area contributed by atoms with E-state index in [9.17, 15) is 22.0 Å². The second kappa shape index (κ2) is 10.2. The number of aromatic nitrogens is 1. The summed E-state index contributed by atoms with van der Waals surface area (Å²) < 4.78 is 56.6. The van der Waals surface area contributed by atoms with E-state index in [-0.39, 0.29) is 33.4 Å². The van der Waals surface area contributed by atoms with Crippen LogP contribution in [0.15, 0.2) is 83.9 Å². The number of carbonyl (C=O) groups excluding carboxylic acids is 1. The number of carbonyl (C=O) groups is 1. The molecule has 0 bridgehead atoms. The molecule has 5 rings (SSSR count). The first-order valence-corrected chi connectivity index (χ1v) is 13.2. The average Bonchev–Trinajstić information content (AvgIpc) is 2.89. The molecule has 0 unspecified atom stereocenters. The molecular formula is C27H24F2N4O3S. The summed E-state index contributed by atoms with van der Waals surface area (Å²) in [5, 5.41) is 0.642. The van der Waals surface area contributed by atoms with Crippen LogP contribution in [-0.2, 0) is 16.6 Å². The number of nitrogens with zero attached hydrogens (tertiary/aromatic N) is 3. The number of piperazine rings is 1. The highest BCUT2D eigenvalue weighted by molar-refractivity contribution is 7.93. The molecule has 1 amide bonds. The Morgan fingerprint density at radius 1 is 0.919 bits per heavy atom. The van der Waals surface area contributed by atoms with Gasteiger partial charge in [0, 0.05) is 49.9 Å². The summed E-state index contributed by atoms with van der Waals surface area (Å²) in [7, 11) is -4.13. The van der Waals surface area contributed by atoms with Crippen molar-refractivity contribution in [2.24, 2.45) is 0 Å². The van der Waals surface area contributed by atoms with Gasteiger partial charge in [0.05, 0.1) is 11.2 Å². The maximum Gasteiger partial charge on any atom is 0.264 e. The Hall–Kier alpha value is -3.89. The molecular weight excluding hydrogens is 498 g/mol. The van der Waals surface area contributed by atoms with Gasteiger partial charge in [-0.3, -0.25) is 19.4 Å². The normalized spacial score (nSPS) is 14.6. The minimum Gasteiger partial charge on any atom is -0.336 e. The van der Waals surface area contributed by atoms with Crippen molar-refractivity contribution in [3.05, 3.63) is 102 Å². The fraction of sp³-hybridized carbons (Fsp3) is 0.185. The Morgan fingerprint density at radius 2 is 1.68 bits per heavy atom. The van der Waals surface area contributed by atoms with Crippen LogP contribution < -0.4 is 4.72 Å². The van der Waals surface area contributed by atoms with Gasteiger partial charge >= 0.3 is 0 Å². The lowest BCUT2D eigenvalue weighted by Gasteiger charge is -2.34. The van der Waals surface area contributed by atoms with Crippen molar-refractivity contribution in [3.63, 3.8) is 0 Å². The number of hydrogen-bond acceptors (Lipinski definition) is 5. The predicted octanol–water partition coefficient (Wildman–Crippen LogP) is 4.27. The zero-order chi connectivity index (χ0) is 26.0. The highest BCUT2D eigenvalue weighted by Crippen LogP contribution is 2.25. The first kappa shape index (κ1) is 24.8. The number of hydrogen-bond donors (Lipinski definition) is 1. The van der Waals surface area contributed by atoms with E-state index in [1.54, 1.807) is 35.2 Å². The van der Waals surface area contributed by atoms with Crippen LogP contribution in [0.3, 0.4) is 0 Å². The van der Waals surface area contributed by atoms with Gasteiger partial charge in [0.25, 0.3) is 15.9 Å². The summed E-state index contributed by atoms with van der Waals surface area (Å²) in [5.74, 6) is -1.47. The summed E-state index contributed by atoms with van der Waals surface area (Å²) >= 11 is 0. The lowest BCUT2D eigenvalue weighted by atomic mass is 10.1. The molecule has 0 aliphatic carbocycles. The van der Waals surface area contributed by atoms with Crippen LogP contribution >= 0.6 is 0 Å². The van der Waals surface area contributed by atoms with E-state index in [1.807, 2.05) is 6.07 Å². The molecule has 0 radical (unpaired) electrons. The predicted molar refractivity (Wildman–Crippen MR) is 137 cm³/mol. The molecule has 3 aromatic carbocycles. The molecule has 10 heteroatoms. The number of nitrogens with one attached hydrogen (secondary N) is 1. The number of sulfonamides is 1. The molecule has 1 aliphatic rings. The summed E-state index contributed by atoms with van der Waals surface area (Å²) in [6, 6.07) is 18.3. The number of fused-ring (bicyclic) bond motifs is 1. The molecule has 0 atom stereocenters. The average molecular weight is 523 g/mol. The fourth-order valence-corrected chi connectivity index (χ4v) is 5.66. The van der Waals surface area contributed by atoms with E-state index < -0.39 is 15.8 Å². The molecule has 4 aromatic rings. The number of pyridine rings is 1. The van der Waals surface area contributed by atoms with Crippen molar-refractivity contribution < 1.29 is 22.0 Å². The Morgan fingerprint density at radius 3 is 2.43 bits per heavy atom. The molecule has 7 nitrogen and oxygen atoms in total. The van der Waals surface area contributed by atoms with Gasteiger partial charge in [-0.1, -0.05) is 30.3 Å². The second-order valence-electron chi connectivity index (χ2n) is 8.83. The van der Waals surface area contributed by atoms with Crippen LogP contribution in [0.5, 0.6) is 0 Å². The van der Waals surface area contributed by atoms with Crippen LogP contribution in [0.2, 0.25) is 0 Å². The highest BCUT2D eigenvalue weighted by atomic mass is 32.2. The van der Waals surface area contributed by atoms with Crippen molar-refractivity contribution in [1.82, 2.24) is 14.8 Å². The third-order valence-corrected chi connectivity index (χ3v) is 7.70. The van der Waals surface area contributed by atoms with Gasteiger partial charge in [-0.2, -0.15) is 0 Å². The second-order valence-corrected chi connectivity index (χ2v) is 10.5. The van der Waals surface area contributed by atoms with Gasteiger partial charge in [0.15, 0.2) is 0 Å². The molecule has 190 valence electrons. The van der Waals surface area contributed by atoms with Gasteiger partial charge in [-0.15, -0.1) is 0 Å². The molecule has 1 saturated heterocycles. The first-order chi connectivity index (χ1) is 17.8. The first-order valence-electron chi connectivity index (χ1n) is 11.7. The Balaban J connectivity index is 1.25. The van der Waals surface area contributed by atoms with Crippen LogP contribution in [0.4, 0.5) is 14.5 Å².